The Morgan fingerprint density at radius 1 is 0.250 bits per heavy atom. The molecule has 0 radical (unpaired) electrons. The van der Waals surface area contributed by atoms with Crippen molar-refractivity contribution in [2.24, 2.45) is 30.0 Å². The molecule has 402 valence electrons. The standard InChI is InChI=1S/C66H39N9O9/c76-55-40-25-13-31-46(52(40)58(79)37-22-10-28-43(49(37)55)67-61(82)34-16-4-1-5-17-34)70-64-73-65(71-47-32-14-26-41-53(47)59(80)38-23-11-29-44(50(38)56(41)77)68-62(83)35-18-6-2-7-19-35)75-66(74-64)72-48-33-15-27-42-54(48)60(81)39-24-12-30-45(51(39)57(42)78)69-63(84)36-20-8-3-9-21-36/h1-33H,(H,67,82)(H,68,83)(H,69,84)(H3,70,71,72,73,74,75). The summed E-state index contributed by atoms with van der Waals surface area (Å²) in [6.07, 6.45) is 0. The molecule has 1 heterocycles. The lowest BCUT2D eigenvalue weighted by Crippen LogP contribution is -2.37. The maximum atomic E-state index is 14.7. The number of nitrogens with one attached hydrogen (secondary N) is 3. The highest BCUT2D eigenvalue weighted by atomic mass is 16.3. The summed E-state index contributed by atoms with van der Waals surface area (Å²) >= 11 is 0. The number of hydrogen-bond donors (Lipinski definition) is 6. The molecule has 1 aromatic heterocycles. The number of fused-ring (bicyclic) bond motifs is 6. The first-order chi connectivity index (χ1) is 40.9. The Morgan fingerprint density at radius 2 is 0.452 bits per heavy atom. The SMILES string of the molecule is O=C1c2cccc(N=c3[nH]c(=Nc4cccc5c4C(=O)c4cccc(N=C(O)c6ccccc6)c4C5=O)[nH]c(=Nc4cccc5c4C(=O)c4cccc(N=C(O)c6ccccc6)c4C5=O)[nH]3)c2C(=O)c2cccc(N=C(O)c3ccccc3)c21. The van der Waals surface area contributed by atoms with E-state index in [9.17, 15) is 44.1 Å². The molecule has 0 atom stereocenters. The molecule has 0 aliphatic heterocycles. The van der Waals surface area contributed by atoms with Gasteiger partial charge in [-0.25, -0.2) is 30.0 Å². The zero-order valence-corrected chi connectivity index (χ0v) is 43.5. The quantitative estimate of drug-likeness (QED) is 0.0591. The number of benzene rings is 9. The second-order valence-electron chi connectivity index (χ2n) is 19.3. The number of carbonyl (C=O) groups excluding carboxylic acids is 6. The van der Waals surface area contributed by atoms with Crippen LogP contribution in [-0.2, 0) is 0 Å². The van der Waals surface area contributed by atoms with Gasteiger partial charge in [-0.1, -0.05) is 127 Å². The number of ketones is 6. The van der Waals surface area contributed by atoms with Gasteiger partial charge in [0.2, 0.25) is 34.5 Å². The number of aliphatic hydroxyl groups is 3. The molecular weight excluding hydrogens is 1060 g/mol. The molecule has 0 unspecified atom stereocenters. The predicted molar refractivity (Wildman–Crippen MR) is 310 cm³/mol. The molecular formula is C66H39N9O9. The minimum atomic E-state index is -0.570. The number of carbonyl (C=O) groups is 6. The average Bonchev–Trinajstić information content (AvgIpc) is 1.61. The summed E-state index contributed by atoms with van der Waals surface area (Å²) in [5, 5.41) is 32.9. The van der Waals surface area contributed by atoms with Crippen LogP contribution in [0, 0.1) is 0 Å². The van der Waals surface area contributed by atoms with Gasteiger partial charge in [-0.2, -0.15) is 0 Å². The summed E-state index contributed by atoms with van der Waals surface area (Å²) in [4.78, 5) is 124. The molecule has 3 aliphatic rings. The highest BCUT2D eigenvalue weighted by Crippen LogP contribution is 2.41. The van der Waals surface area contributed by atoms with Crippen molar-refractivity contribution in [2.45, 2.75) is 0 Å². The van der Waals surface area contributed by atoms with Crippen LogP contribution in [0.5, 0.6) is 0 Å². The van der Waals surface area contributed by atoms with Crippen LogP contribution in [0.25, 0.3) is 0 Å². The van der Waals surface area contributed by atoms with E-state index in [2.05, 4.69) is 29.9 Å². The van der Waals surface area contributed by atoms with E-state index in [4.69, 9.17) is 15.0 Å². The van der Waals surface area contributed by atoms with Crippen molar-refractivity contribution in [3.05, 3.63) is 300 Å². The highest BCUT2D eigenvalue weighted by Gasteiger charge is 2.37. The third-order valence-corrected chi connectivity index (χ3v) is 14.3. The Hall–Kier alpha value is -12.2. The molecule has 0 amide bonds. The molecule has 84 heavy (non-hydrogen) atoms. The van der Waals surface area contributed by atoms with Gasteiger partial charge >= 0.3 is 0 Å². The zero-order valence-electron chi connectivity index (χ0n) is 43.5. The van der Waals surface area contributed by atoms with Crippen molar-refractivity contribution < 1.29 is 44.1 Å². The summed E-state index contributed by atoms with van der Waals surface area (Å²) in [7, 11) is 0. The third-order valence-electron chi connectivity index (χ3n) is 14.3. The Bertz CT molecular complexity index is 4370. The summed E-state index contributed by atoms with van der Waals surface area (Å²) in [5.41, 5.74) is 0.889. The molecule has 18 heteroatoms. The Labute approximate surface area is 474 Å². The van der Waals surface area contributed by atoms with Crippen LogP contribution in [0.2, 0.25) is 0 Å². The van der Waals surface area contributed by atoms with E-state index in [1.807, 2.05) is 0 Å². The number of H-pyrrole nitrogens is 3. The van der Waals surface area contributed by atoms with Crippen LogP contribution >= 0.6 is 0 Å². The van der Waals surface area contributed by atoms with E-state index in [1.54, 1.807) is 127 Å². The molecule has 9 aromatic carbocycles. The highest BCUT2D eigenvalue weighted by molar-refractivity contribution is 6.33. The molecule has 6 N–H and O–H groups in total. The molecule has 0 bridgehead atoms. The molecule has 0 spiro atoms. The van der Waals surface area contributed by atoms with Gasteiger partial charge in [0.1, 0.15) is 0 Å². The number of rotatable bonds is 9. The van der Waals surface area contributed by atoms with Crippen molar-refractivity contribution in [1.29, 1.82) is 0 Å². The molecule has 0 saturated carbocycles. The summed E-state index contributed by atoms with van der Waals surface area (Å²) in [6, 6.07) is 52.9. The fourth-order valence-electron chi connectivity index (χ4n) is 10.4. The van der Waals surface area contributed by atoms with E-state index in [0.717, 1.165) is 0 Å². The predicted octanol–water partition coefficient (Wildman–Crippen LogP) is 10.6. The van der Waals surface area contributed by atoms with Gasteiger partial charge in [0, 0.05) is 50.1 Å². The van der Waals surface area contributed by atoms with Crippen LogP contribution in [-0.4, -0.2) is 82.7 Å². The fraction of sp³-hybridized carbons (Fsp3) is 0. The van der Waals surface area contributed by atoms with E-state index in [1.165, 1.54) is 72.8 Å². The van der Waals surface area contributed by atoms with Crippen LogP contribution in [0.3, 0.4) is 0 Å². The van der Waals surface area contributed by atoms with Crippen LogP contribution in [0.15, 0.2) is 230 Å². The van der Waals surface area contributed by atoms with Gasteiger partial charge in [-0.05, 0) is 72.8 Å². The average molecular weight is 1100 g/mol. The summed E-state index contributed by atoms with van der Waals surface area (Å²) in [6.45, 7) is 0. The molecule has 18 nitrogen and oxygen atoms in total. The second kappa shape index (κ2) is 20.8. The van der Waals surface area contributed by atoms with Crippen molar-refractivity contribution in [3.63, 3.8) is 0 Å². The summed E-state index contributed by atoms with van der Waals surface area (Å²) in [5.74, 6) is -4.46. The van der Waals surface area contributed by atoms with Gasteiger partial charge in [0.15, 0.2) is 34.7 Å². The van der Waals surface area contributed by atoms with E-state index in [0.29, 0.717) is 16.7 Å². The lowest BCUT2D eigenvalue weighted by atomic mass is 9.82. The van der Waals surface area contributed by atoms with Gasteiger partial charge in [-0.3, -0.25) is 43.7 Å². The van der Waals surface area contributed by atoms with Crippen LogP contribution in [0.4, 0.5) is 34.1 Å². The van der Waals surface area contributed by atoms with Crippen molar-refractivity contribution in [3.8, 4) is 0 Å². The lowest BCUT2D eigenvalue weighted by Gasteiger charge is -2.20. The summed E-state index contributed by atoms with van der Waals surface area (Å²) < 4.78 is 0. The maximum absolute atomic E-state index is 14.7. The maximum Gasteiger partial charge on any atom is 0.218 e. The third kappa shape index (κ3) is 8.99. The monoisotopic (exact) mass is 1100 g/mol. The Kier molecular flexibility index (Phi) is 12.7. The minimum absolute atomic E-state index is 0.0000763. The molecule has 0 fully saturated rings. The molecule has 13 rings (SSSR count). The van der Waals surface area contributed by atoms with E-state index < -0.39 is 34.7 Å². The first kappa shape index (κ1) is 51.3. The molecule has 10 aromatic rings. The van der Waals surface area contributed by atoms with Gasteiger partial charge < -0.3 is 15.3 Å². The fourth-order valence-corrected chi connectivity index (χ4v) is 10.4. The van der Waals surface area contributed by atoms with Crippen molar-refractivity contribution >= 4 is 86.5 Å². The number of aliphatic hydroxyl groups excluding tert-OH is 3. The van der Waals surface area contributed by atoms with Crippen molar-refractivity contribution in [1.82, 2.24) is 15.0 Å². The van der Waals surface area contributed by atoms with Crippen molar-refractivity contribution in [2.75, 3.05) is 0 Å². The second-order valence-corrected chi connectivity index (χ2v) is 19.3. The first-order valence-corrected chi connectivity index (χ1v) is 26.0. The number of nitrogens with zero attached hydrogens (tertiary/aromatic N) is 6. The largest absolute Gasteiger partial charge is 0.493 e. The van der Waals surface area contributed by atoms with E-state index in [-0.39, 0.29) is 135 Å². The smallest absolute Gasteiger partial charge is 0.218 e. The van der Waals surface area contributed by atoms with Gasteiger partial charge in [0.05, 0.1) is 67.5 Å². The zero-order chi connectivity index (χ0) is 57.8. The lowest BCUT2D eigenvalue weighted by molar-refractivity contribution is 0.0980. The van der Waals surface area contributed by atoms with Crippen LogP contribution < -0.4 is 16.9 Å². The van der Waals surface area contributed by atoms with Gasteiger partial charge in [-0.15, -0.1) is 0 Å². The normalized spacial score (nSPS) is 13.5. The Balaban J connectivity index is 0.963. The minimum Gasteiger partial charge on any atom is -0.493 e. The first-order valence-electron chi connectivity index (χ1n) is 26.0. The topological polar surface area (TPSA) is 285 Å². The molecule has 3 aliphatic carbocycles. The van der Waals surface area contributed by atoms with E-state index >= 15 is 0 Å². The number of hydrogen-bond acceptors (Lipinski definition) is 12. The Morgan fingerprint density at radius 3 is 0.679 bits per heavy atom. The number of aromatic amines is 3. The molecule has 0 saturated heterocycles. The van der Waals surface area contributed by atoms with Gasteiger partial charge in [0.25, 0.3) is 0 Å². The van der Waals surface area contributed by atoms with Crippen LogP contribution in [0.1, 0.15) is 112 Å². The number of aromatic nitrogens is 3. The number of aliphatic imine (C=N–C) groups is 3.